The summed E-state index contributed by atoms with van der Waals surface area (Å²) in [5.74, 6) is -3.23. The van der Waals surface area contributed by atoms with Crippen molar-refractivity contribution in [2.45, 2.75) is 69.7 Å². The van der Waals surface area contributed by atoms with Crippen LogP contribution in [0.1, 0.15) is 46.5 Å². The van der Waals surface area contributed by atoms with Gasteiger partial charge in [0.05, 0.1) is 25.2 Å². The van der Waals surface area contributed by atoms with Crippen LogP contribution in [-0.2, 0) is 23.9 Å². The number of halogens is 1. The van der Waals surface area contributed by atoms with Gasteiger partial charge in [-0.1, -0.05) is 56.7 Å². The van der Waals surface area contributed by atoms with Gasteiger partial charge in [-0.05, 0) is 55.9 Å². The average molecular weight is 557 g/mol. The molecule has 4 aliphatic heterocycles. The van der Waals surface area contributed by atoms with Crippen LogP contribution in [0, 0.1) is 17.8 Å². The number of rotatable bonds is 5. The number of hydrogen-bond acceptors (Lipinski definition) is 6. The first-order chi connectivity index (χ1) is 18.7. The molecule has 2 amide bonds. The van der Waals surface area contributed by atoms with Crippen LogP contribution in [-0.4, -0.2) is 70.8 Å². The topological polar surface area (TPSA) is 96.4 Å². The number of hydrogen-bond donors (Lipinski definition) is 1. The van der Waals surface area contributed by atoms with Gasteiger partial charge in [0.25, 0.3) is 5.91 Å². The number of carbonyl (C=O) groups excluding carboxylic acids is 3. The van der Waals surface area contributed by atoms with Gasteiger partial charge >= 0.3 is 5.97 Å². The summed E-state index contributed by atoms with van der Waals surface area (Å²) in [5, 5.41) is 11.0. The third kappa shape index (κ3) is 4.41. The second kappa shape index (κ2) is 10.7. The summed E-state index contributed by atoms with van der Waals surface area (Å²) in [6, 6.07) is 5.24. The van der Waals surface area contributed by atoms with E-state index in [0.717, 1.165) is 19.3 Å². The van der Waals surface area contributed by atoms with Gasteiger partial charge in [0.1, 0.15) is 23.2 Å². The maximum atomic E-state index is 14.5. The number of allylic oxidation sites excluding steroid dienone is 1. The van der Waals surface area contributed by atoms with Crippen LogP contribution in [0.25, 0.3) is 0 Å². The Balaban J connectivity index is 1.70. The monoisotopic (exact) mass is 556 g/mol. The van der Waals surface area contributed by atoms with E-state index in [2.05, 4.69) is 0 Å². The molecular formula is C30H37ClN2O6. The van der Waals surface area contributed by atoms with Crippen molar-refractivity contribution in [1.29, 1.82) is 0 Å². The normalized spacial score (nSPS) is 34.3. The van der Waals surface area contributed by atoms with Gasteiger partial charge in [-0.15, -0.1) is 0 Å². The van der Waals surface area contributed by atoms with Gasteiger partial charge in [-0.3, -0.25) is 14.4 Å². The van der Waals surface area contributed by atoms with Crippen LogP contribution in [0.2, 0.25) is 5.02 Å². The molecule has 2 fully saturated rings. The van der Waals surface area contributed by atoms with E-state index in [9.17, 15) is 19.5 Å². The Morgan fingerprint density at radius 2 is 1.79 bits per heavy atom. The molecule has 1 spiro atoms. The summed E-state index contributed by atoms with van der Waals surface area (Å²) < 4.78 is 12.7. The van der Waals surface area contributed by atoms with Gasteiger partial charge in [0.2, 0.25) is 5.91 Å². The van der Waals surface area contributed by atoms with Crippen LogP contribution < -0.4 is 4.90 Å². The number of nitrogens with zero attached hydrogens (tertiary/aromatic N) is 2. The highest BCUT2D eigenvalue weighted by Gasteiger charge is 2.76. The first kappa shape index (κ1) is 27.9. The van der Waals surface area contributed by atoms with Crippen molar-refractivity contribution in [1.82, 2.24) is 4.90 Å². The third-order valence-electron chi connectivity index (χ3n) is 8.77. The van der Waals surface area contributed by atoms with Crippen molar-refractivity contribution in [2.24, 2.45) is 17.8 Å². The minimum absolute atomic E-state index is 0.148. The molecule has 4 aliphatic rings. The van der Waals surface area contributed by atoms with E-state index in [1.165, 1.54) is 4.90 Å². The smallest absolute Gasteiger partial charge is 0.313 e. The van der Waals surface area contributed by atoms with Gasteiger partial charge < -0.3 is 24.4 Å². The Morgan fingerprint density at radius 1 is 1.05 bits per heavy atom. The van der Waals surface area contributed by atoms with Crippen LogP contribution in [0.3, 0.4) is 0 Å². The van der Waals surface area contributed by atoms with E-state index in [0.29, 0.717) is 17.1 Å². The number of carbonyl (C=O) groups is 3. The number of aliphatic hydroxyl groups is 1. The minimum atomic E-state index is -1.41. The van der Waals surface area contributed by atoms with Gasteiger partial charge in [0.15, 0.2) is 0 Å². The Bertz CT molecular complexity index is 1180. The summed E-state index contributed by atoms with van der Waals surface area (Å²) in [4.78, 5) is 45.8. The number of benzene rings is 1. The highest BCUT2D eigenvalue weighted by molar-refractivity contribution is 6.30. The highest BCUT2D eigenvalue weighted by Crippen LogP contribution is 2.58. The Morgan fingerprint density at radius 3 is 2.46 bits per heavy atom. The first-order valence-electron chi connectivity index (χ1n) is 13.9. The van der Waals surface area contributed by atoms with Crippen LogP contribution >= 0.6 is 11.6 Å². The van der Waals surface area contributed by atoms with Crippen molar-refractivity contribution in [2.75, 3.05) is 24.7 Å². The Labute approximate surface area is 234 Å². The highest BCUT2D eigenvalue weighted by atomic mass is 35.5. The average Bonchev–Trinajstić information content (AvgIpc) is 3.27. The molecule has 1 aromatic rings. The summed E-state index contributed by atoms with van der Waals surface area (Å²) in [6.07, 6.45) is 10.4. The van der Waals surface area contributed by atoms with E-state index in [1.54, 1.807) is 29.2 Å². The van der Waals surface area contributed by atoms with E-state index in [-0.39, 0.29) is 37.5 Å². The van der Waals surface area contributed by atoms with E-state index in [1.807, 2.05) is 45.1 Å². The van der Waals surface area contributed by atoms with Crippen LogP contribution in [0.5, 0.6) is 0 Å². The zero-order chi connectivity index (χ0) is 27.9. The zero-order valence-electron chi connectivity index (χ0n) is 22.7. The maximum Gasteiger partial charge on any atom is 0.313 e. The molecule has 4 heterocycles. The predicted octanol–water partition coefficient (Wildman–Crippen LogP) is 3.90. The standard InChI is InChI=1S/C30H37ClN2O6/c1-4-29-14-7-5-6-8-17-38-28(37)24(29)23-26(35)33(22(18-34)19(2)3)25-27(36)32(16-9-15-30(23,25)39-29)21-12-10-20(31)11-13-21/h7,9-15,19,22-25,34H,4-6,8,16-18H2,1-3H3/b14-7-/t22-,23-,24+,25?,29-,30-/m0/s1. The molecule has 210 valence electrons. The molecule has 2 saturated heterocycles. The Hall–Kier alpha value is -2.68. The van der Waals surface area contributed by atoms with Crippen molar-refractivity contribution >= 4 is 35.1 Å². The van der Waals surface area contributed by atoms with Crippen LogP contribution in [0.4, 0.5) is 5.69 Å². The molecule has 0 bridgehead atoms. The fourth-order valence-corrected chi connectivity index (χ4v) is 6.93. The minimum Gasteiger partial charge on any atom is -0.465 e. The molecule has 1 aromatic carbocycles. The molecule has 5 rings (SSSR count). The van der Waals surface area contributed by atoms with Crippen molar-refractivity contribution in [3.8, 4) is 0 Å². The lowest BCUT2D eigenvalue weighted by molar-refractivity contribution is -0.162. The third-order valence-corrected chi connectivity index (χ3v) is 9.03. The number of anilines is 1. The molecule has 6 atom stereocenters. The molecule has 1 unspecified atom stereocenters. The van der Waals surface area contributed by atoms with E-state index < -0.39 is 41.1 Å². The van der Waals surface area contributed by atoms with E-state index in [4.69, 9.17) is 21.1 Å². The van der Waals surface area contributed by atoms with Crippen molar-refractivity contribution < 1.29 is 29.0 Å². The number of cyclic esters (lactones) is 1. The van der Waals surface area contributed by atoms with Gasteiger partial charge in [0, 0.05) is 17.3 Å². The quantitative estimate of drug-likeness (QED) is 0.436. The number of fused-ring (bicyclic) bond motifs is 2. The lowest BCUT2D eigenvalue weighted by Gasteiger charge is -2.41. The molecule has 0 aromatic heterocycles. The fourth-order valence-electron chi connectivity index (χ4n) is 6.81. The SMILES string of the molecule is CC[C@]12/C=C\CCCCOC(=O)[C@H]1[C@H]1C(=O)N([C@@H](CO)C(C)C)C3C(=O)N(c4ccc(Cl)cc4)CC=C[C@@]31O2. The first-order valence-corrected chi connectivity index (χ1v) is 14.3. The predicted molar refractivity (Wildman–Crippen MR) is 147 cm³/mol. The number of esters is 1. The molecular weight excluding hydrogens is 520 g/mol. The number of likely N-dealkylation sites (tertiary alicyclic amines) is 1. The largest absolute Gasteiger partial charge is 0.465 e. The molecule has 0 radical (unpaired) electrons. The fraction of sp³-hybridized carbons (Fsp3) is 0.567. The summed E-state index contributed by atoms with van der Waals surface area (Å²) in [5.41, 5.74) is -1.88. The van der Waals surface area contributed by atoms with Gasteiger partial charge in [-0.2, -0.15) is 0 Å². The number of ether oxygens (including phenoxy) is 2. The second-order valence-electron chi connectivity index (χ2n) is 11.3. The van der Waals surface area contributed by atoms with Crippen molar-refractivity contribution in [3.63, 3.8) is 0 Å². The maximum absolute atomic E-state index is 14.5. The number of aliphatic hydroxyl groups excluding tert-OH is 1. The van der Waals surface area contributed by atoms with Gasteiger partial charge in [-0.25, -0.2) is 0 Å². The molecule has 9 heteroatoms. The summed E-state index contributed by atoms with van der Waals surface area (Å²) >= 11 is 6.11. The molecule has 39 heavy (non-hydrogen) atoms. The van der Waals surface area contributed by atoms with Crippen molar-refractivity contribution in [3.05, 3.63) is 53.6 Å². The van der Waals surface area contributed by atoms with E-state index >= 15 is 0 Å². The molecule has 0 saturated carbocycles. The lowest BCUT2D eigenvalue weighted by atomic mass is 9.73. The zero-order valence-corrected chi connectivity index (χ0v) is 23.5. The van der Waals surface area contributed by atoms with Crippen LogP contribution in [0.15, 0.2) is 48.6 Å². The number of amides is 2. The summed E-state index contributed by atoms with van der Waals surface area (Å²) in [6.45, 7) is 5.94. The molecule has 0 aliphatic carbocycles. The molecule has 1 N–H and O–H groups in total. The Kier molecular flexibility index (Phi) is 7.65. The lowest BCUT2D eigenvalue weighted by Crippen LogP contribution is -2.60. The summed E-state index contributed by atoms with van der Waals surface area (Å²) in [7, 11) is 0. The molecule has 8 nitrogen and oxygen atoms in total. The second-order valence-corrected chi connectivity index (χ2v) is 11.7.